The van der Waals surface area contributed by atoms with Crippen LogP contribution in [0.25, 0.3) is 0 Å². The van der Waals surface area contributed by atoms with E-state index in [2.05, 4.69) is 0 Å². The van der Waals surface area contributed by atoms with E-state index >= 15 is 0 Å². The van der Waals surface area contributed by atoms with Crippen LogP contribution in [0.1, 0.15) is 50.5 Å². The van der Waals surface area contributed by atoms with E-state index in [1.54, 1.807) is 6.92 Å². The Morgan fingerprint density at radius 2 is 1.79 bits per heavy atom. The lowest BCUT2D eigenvalue weighted by Gasteiger charge is -2.29. The second-order valence-electron chi connectivity index (χ2n) is 5.54. The number of rotatable bonds is 3. The molecule has 0 aliphatic heterocycles. The molecule has 1 atom stereocenters. The third-order valence-corrected chi connectivity index (χ3v) is 4.04. The molecule has 1 aliphatic carbocycles. The highest BCUT2D eigenvalue weighted by Gasteiger charge is 2.26. The van der Waals surface area contributed by atoms with E-state index in [-0.39, 0.29) is 5.92 Å². The van der Waals surface area contributed by atoms with Gasteiger partial charge in [0.05, 0.1) is 6.17 Å². The van der Waals surface area contributed by atoms with Gasteiger partial charge in [0.15, 0.2) is 11.6 Å². The lowest BCUT2D eigenvalue weighted by Crippen LogP contribution is -2.17. The molecule has 0 saturated heterocycles. The number of phenols is 1. The molecule has 1 N–H and O–H groups in total. The topological polar surface area (TPSA) is 20.2 Å². The number of halogens is 3. The summed E-state index contributed by atoms with van der Waals surface area (Å²) >= 11 is 0. The van der Waals surface area contributed by atoms with Crippen LogP contribution < -0.4 is 0 Å². The van der Waals surface area contributed by atoms with Crippen molar-refractivity contribution in [3.8, 4) is 5.75 Å². The van der Waals surface area contributed by atoms with Crippen molar-refractivity contribution < 1.29 is 18.3 Å². The molecular weight excluding hydrogens is 253 g/mol. The molecule has 1 fully saturated rings. The van der Waals surface area contributed by atoms with Gasteiger partial charge in [-0.3, -0.25) is 0 Å². The number of aromatic hydroxyl groups is 1. The van der Waals surface area contributed by atoms with Crippen molar-refractivity contribution >= 4 is 0 Å². The van der Waals surface area contributed by atoms with Crippen LogP contribution >= 0.6 is 0 Å². The molecule has 1 nitrogen and oxygen atoms in total. The summed E-state index contributed by atoms with van der Waals surface area (Å²) in [5.41, 5.74) is 0.335. The Bertz CT molecular complexity index is 437. The predicted molar refractivity (Wildman–Crippen MR) is 67.9 cm³/mol. The molecule has 0 radical (unpaired) electrons. The maximum absolute atomic E-state index is 13.8. The number of alkyl halides is 1. The lowest BCUT2D eigenvalue weighted by molar-refractivity contribution is 0.232. The highest BCUT2D eigenvalue weighted by atomic mass is 19.2. The van der Waals surface area contributed by atoms with Crippen molar-refractivity contribution in [2.45, 2.75) is 51.1 Å². The Hall–Kier alpha value is -1.19. The van der Waals surface area contributed by atoms with Crippen LogP contribution in [0.15, 0.2) is 12.1 Å². The zero-order valence-corrected chi connectivity index (χ0v) is 11.0. The second kappa shape index (κ2) is 5.85. The molecule has 2 rings (SSSR count). The Labute approximate surface area is 111 Å². The van der Waals surface area contributed by atoms with E-state index < -0.39 is 23.6 Å². The SMILES string of the molecule is CC(F)CC1CCC(c2ccc(O)c(F)c2F)CC1. The molecule has 0 heterocycles. The van der Waals surface area contributed by atoms with Crippen LogP contribution in [0, 0.1) is 17.6 Å². The molecule has 1 unspecified atom stereocenters. The molecule has 1 aromatic rings. The Morgan fingerprint density at radius 3 is 2.37 bits per heavy atom. The molecule has 19 heavy (non-hydrogen) atoms. The molecule has 0 aromatic heterocycles. The van der Waals surface area contributed by atoms with Gasteiger partial charge in [0, 0.05) is 0 Å². The van der Waals surface area contributed by atoms with Crippen LogP contribution in [-0.2, 0) is 0 Å². The molecule has 0 bridgehead atoms. The summed E-state index contributed by atoms with van der Waals surface area (Å²) in [4.78, 5) is 0. The normalized spacial score (nSPS) is 25.3. The number of hydrogen-bond donors (Lipinski definition) is 1. The zero-order chi connectivity index (χ0) is 14.0. The maximum atomic E-state index is 13.8. The molecule has 1 aliphatic rings. The van der Waals surface area contributed by atoms with Crippen molar-refractivity contribution in [1.29, 1.82) is 0 Å². The van der Waals surface area contributed by atoms with Crippen LogP contribution in [0.3, 0.4) is 0 Å². The molecule has 0 spiro atoms. The molecule has 4 heteroatoms. The monoisotopic (exact) mass is 272 g/mol. The average molecular weight is 272 g/mol. The fourth-order valence-corrected chi connectivity index (χ4v) is 3.04. The first-order valence-electron chi connectivity index (χ1n) is 6.80. The van der Waals surface area contributed by atoms with E-state index in [4.69, 9.17) is 5.11 Å². The smallest absolute Gasteiger partial charge is 0.200 e. The minimum absolute atomic E-state index is 0.0266. The minimum atomic E-state index is -1.17. The number of benzene rings is 1. The standard InChI is InChI=1S/C15H19F3O/c1-9(16)8-10-2-4-11(5-3-10)12-6-7-13(19)15(18)14(12)17/h6-7,9-11,19H,2-5,8H2,1H3. The van der Waals surface area contributed by atoms with E-state index in [9.17, 15) is 13.2 Å². The molecular formula is C15H19F3O. The van der Waals surface area contributed by atoms with Gasteiger partial charge in [0.25, 0.3) is 0 Å². The van der Waals surface area contributed by atoms with Crippen molar-refractivity contribution in [3.05, 3.63) is 29.3 Å². The predicted octanol–water partition coefficient (Wildman–Crippen LogP) is 4.69. The fourth-order valence-electron chi connectivity index (χ4n) is 3.04. The van der Waals surface area contributed by atoms with Gasteiger partial charge in [-0.2, -0.15) is 4.39 Å². The third kappa shape index (κ3) is 3.23. The van der Waals surface area contributed by atoms with Gasteiger partial charge in [-0.15, -0.1) is 0 Å². The van der Waals surface area contributed by atoms with Crippen LogP contribution in [0.4, 0.5) is 13.2 Å². The van der Waals surface area contributed by atoms with E-state index in [0.717, 1.165) is 25.7 Å². The van der Waals surface area contributed by atoms with E-state index in [0.29, 0.717) is 17.9 Å². The highest BCUT2D eigenvalue weighted by Crippen LogP contribution is 2.39. The molecule has 0 amide bonds. The fraction of sp³-hybridized carbons (Fsp3) is 0.600. The summed E-state index contributed by atoms with van der Waals surface area (Å²) in [6.07, 6.45) is 2.95. The highest BCUT2D eigenvalue weighted by molar-refractivity contribution is 5.32. The third-order valence-electron chi connectivity index (χ3n) is 4.04. The first kappa shape index (κ1) is 14.2. The van der Waals surface area contributed by atoms with Crippen LogP contribution in [0.5, 0.6) is 5.75 Å². The molecule has 1 aromatic carbocycles. The summed E-state index contributed by atoms with van der Waals surface area (Å²) in [5, 5.41) is 9.11. The summed E-state index contributed by atoms with van der Waals surface area (Å²) in [6.45, 7) is 1.56. The van der Waals surface area contributed by atoms with Gasteiger partial charge < -0.3 is 5.11 Å². The number of phenolic OH excluding ortho intramolecular Hbond substituents is 1. The van der Waals surface area contributed by atoms with E-state index in [1.165, 1.54) is 12.1 Å². The maximum Gasteiger partial charge on any atom is 0.200 e. The van der Waals surface area contributed by atoms with Gasteiger partial charge in [0.2, 0.25) is 5.82 Å². The quantitative estimate of drug-likeness (QED) is 0.846. The van der Waals surface area contributed by atoms with Gasteiger partial charge in [0.1, 0.15) is 0 Å². The summed E-state index contributed by atoms with van der Waals surface area (Å²) in [5.74, 6) is -2.44. The van der Waals surface area contributed by atoms with Crippen molar-refractivity contribution in [2.24, 2.45) is 5.92 Å². The Kier molecular flexibility index (Phi) is 4.38. The van der Waals surface area contributed by atoms with Crippen molar-refractivity contribution in [3.63, 3.8) is 0 Å². The van der Waals surface area contributed by atoms with Crippen molar-refractivity contribution in [2.75, 3.05) is 0 Å². The Morgan fingerprint density at radius 1 is 1.16 bits per heavy atom. The van der Waals surface area contributed by atoms with Gasteiger partial charge in [-0.05, 0) is 62.5 Å². The van der Waals surface area contributed by atoms with Crippen molar-refractivity contribution in [1.82, 2.24) is 0 Å². The summed E-state index contributed by atoms with van der Waals surface area (Å²) in [6, 6.07) is 2.65. The first-order valence-corrected chi connectivity index (χ1v) is 6.80. The largest absolute Gasteiger partial charge is 0.505 e. The lowest BCUT2D eigenvalue weighted by atomic mass is 9.77. The molecule has 1 saturated carbocycles. The van der Waals surface area contributed by atoms with Crippen LogP contribution in [-0.4, -0.2) is 11.3 Å². The second-order valence-corrected chi connectivity index (χ2v) is 5.54. The first-order chi connectivity index (χ1) is 8.99. The minimum Gasteiger partial charge on any atom is -0.505 e. The zero-order valence-electron chi connectivity index (χ0n) is 11.0. The van der Waals surface area contributed by atoms with Gasteiger partial charge >= 0.3 is 0 Å². The average Bonchev–Trinajstić information content (AvgIpc) is 2.37. The van der Waals surface area contributed by atoms with Gasteiger partial charge in [-0.25, -0.2) is 8.78 Å². The summed E-state index contributed by atoms with van der Waals surface area (Å²) < 4.78 is 40.0. The van der Waals surface area contributed by atoms with E-state index in [1.807, 2.05) is 0 Å². The number of hydrogen-bond acceptors (Lipinski definition) is 1. The van der Waals surface area contributed by atoms with Crippen LogP contribution in [0.2, 0.25) is 0 Å². The summed E-state index contributed by atoms with van der Waals surface area (Å²) in [7, 11) is 0. The van der Waals surface area contributed by atoms with Gasteiger partial charge in [-0.1, -0.05) is 6.07 Å². The Balaban J connectivity index is 2.04. The molecule has 106 valence electrons.